The summed E-state index contributed by atoms with van der Waals surface area (Å²) < 4.78 is 7.76. The van der Waals surface area contributed by atoms with E-state index >= 15 is 0 Å². The topological polar surface area (TPSA) is 54.7 Å². The van der Waals surface area contributed by atoms with Crippen molar-refractivity contribution in [2.75, 3.05) is 32.8 Å². The van der Waals surface area contributed by atoms with Crippen molar-refractivity contribution in [3.05, 3.63) is 18.0 Å². The predicted octanol–water partition coefficient (Wildman–Crippen LogP) is 3.59. The number of nitrogens with one attached hydrogen (secondary N) is 1. The van der Waals surface area contributed by atoms with Gasteiger partial charge in [0.1, 0.15) is 6.10 Å². The van der Waals surface area contributed by atoms with Crippen molar-refractivity contribution in [3.63, 3.8) is 0 Å². The molecular formula is C19H36IN5O. The number of aromatic nitrogens is 2. The predicted molar refractivity (Wildman–Crippen MR) is 118 cm³/mol. The van der Waals surface area contributed by atoms with Crippen LogP contribution in [0.15, 0.2) is 17.4 Å². The lowest BCUT2D eigenvalue weighted by Gasteiger charge is -2.34. The first-order valence-electron chi connectivity index (χ1n) is 9.52. The number of morpholine rings is 1. The number of hydrogen-bond acceptors (Lipinski definition) is 3. The Morgan fingerprint density at radius 1 is 1.38 bits per heavy atom. The van der Waals surface area contributed by atoms with Crippen molar-refractivity contribution >= 4 is 29.9 Å². The van der Waals surface area contributed by atoms with Crippen molar-refractivity contribution < 1.29 is 4.74 Å². The lowest BCUT2D eigenvalue weighted by Crippen LogP contribution is -2.48. The third-order valence-electron chi connectivity index (χ3n) is 4.39. The number of nitrogens with zero attached hydrogens (tertiary/aromatic N) is 4. The Morgan fingerprint density at radius 2 is 2.15 bits per heavy atom. The molecule has 1 fully saturated rings. The summed E-state index contributed by atoms with van der Waals surface area (Å²) >= 11 is 0. The van der Waals surface area contributed by atoms with Gasteiger partial charge in [0.2, 0.25) is 0 Å². The van der Waals surface area contributed by atoms with Gasteiger partial charge in [-0.3, -0.25) is 9.67 Å². The average molecular weight is 477 g/mol. The van der Waals surface area contributed by atoms with Gasteiger partial charge < -0.3 is 15.0 Å². The second-order valence-corrected chi connectivity index (χ2v) is 8.01. The molecule has 2 rings (SSSR count). The first kappa shape index (κ1) is 23.2. The molecule has 26 heavy (non-hydrogen) atoms. The van der Waals surface area contributed by atoms with Crippen molar-refractivity contribution in [1.82, 2.24) is 20.0 Å². The van der Waals surface area contributed by atoms with Gasteiger partial charge in [-0.05, 0) is 25.2 Å². The standard InChI is InChI=1S/C19H35N5O.HI/c1-6-20-18(21-10-8-7-9-19(2,3)4)24-11-12-25-17(15-24)16-13-22-23(5)14-16;/h13-14,17H,6-12,15H2,1-5H3,(H,20,21);1H. The van der Waals surface area contributed by atoms with Crippen LogP contribution in [-0.4, -0.2) is 53.4 Å². The van der Waals surface area contributed by atoms with Crippen LogP contribution in [0.4, 0.5) is 0 Å². The second kappa shape index (κ2) is 11.1. The number of rotatable bonds is 6. The Kier molecular flexibility index (Phi) is 9.92. The summed E-state index contributed by atoms with van der Waals surface area (Å²) in [6.07, 6.45) is 7.61. The van der Waals surface area contributed by atoms with Crippen molar-refractivity contribution in [1.29, 1.82) is 0 Å². The van der Waals surface area contributed by atoms with Crippen LogP contribution >= 0.6 is 24.0 Å². The van der Waals surface area contributed by atoms with Gasteiger partial charge >= 0.3 is 0 Å². The van der Waals surface area contributed by atoms with Gasteiger partial charge in [-0.15, -0.1) is 24.0 Å². The number of aliphatic imine (C=N–C) groups is 1. The molecule has 7 heteroatoms. The quantitative estimate of drug-likeness (QED) is 0.295. The van der Waals surface area contributed by atoms with Crippen molar-refractivity contribution in [3.8, 4) is 0 Å². The van der Waals surface area contributed by atoms with Gasteiger partial charge in [0.05, 0.1) is 19.3 Å². The molecule has 1 aliphatic heterocycles. The van der Waals surface area contributed by atoms with Gasteiger partial charge in [-0.2, -0.15) is 5.10 Å². The highest BCUT2D eigenvalue weighted by Crippen LogP contribution is 2.22. The summed E-state index contributed by atoms with van der Waals surface area (Å²) in [5.74, 6) is 1.01. The first-order valence-corrected chi connectivity index (χ1v) is 9.52. The molecule has 0 amide bonds. The zero-order chi connectivity index (χ0) is 18.3. The van der Waals surface area contributed by atoms with E-state index in [0.717, 1.165) is 44.1 Å². The Labute approximate surface area is 175 Å². The van der Waals surface area contributed by atoms with Crippen LogP contribution in [0, 0.1) is 5.41 Å². The SMILES string of the molecule is CCNC(=NCCCCC(C)(C)C)N1CCOC(c2cnn(C)c2)C1.I. The summed E-state index contributed by atoms with van der Waals surface area (Å²) in [5, 5.41) is 7.70. The molecule has 1 atom stereocenters. The van der Waals surface area contributed by atoms with E-state index < -0.39 is 0 Å². The number of halogens is 1. The highest BCUT2D eigenvalue weighted by Gasteiger charge is 2.25. The molecular weight excluding hydrogens is 441 g/mol. The monoisotopic (exact) mass is 477 g/mol. The van der Waals surface area contributed by atoms with Crippen molar-refractivity contribution in [2.45, 2.75) is 53.1 Å². The fraction of sp³-hybridized carbons (Fsp3) is 0.789. The van der Waals surface area contributed by atoms with E-state index in [1.165, 1.54) is 12.8 Å². The van der Waals surface area contributed by atoms with Gasteiger partial charge in [0.25, 0.3) is 0 Å². The normalized spacial score (nSPS) is 18.6. The van der Waals surface area contributed by atoms with E-state index in [9.17, 15) is 0 Å². The van der Waals surface area contributed by atoms with Gasteiger partial charge in [0.15, 0.2) is 5.96 Å². The number of guanidine groups is 1. The first-order chi connectivity index (χ1) is 11.9. The maximum absolute atomic E-state index is 5.94. The molecule has 1 saturated heterocycles. The molecule has 0 aromatic carbocycles. The van der Waals surface area contributed by atoms with Crippen LogP contribution in [0.2, 0.25) is 0 Å². The van der Waals surface area contributed by atoms with Crippen LogP contribution in [-0.2, 0) is 11.8 Å². The zero-order valence-electron chi connectivity index (χ0n) is 17.0. The third kappa shape index (κ3) is 7.82. The van der Waals surface area contributed by atoms with E-state index in [-0.39, 0.29) is 30.1 Å². The van der Waals surface area contributed by atoms with Gasteiger partial charge in [-0.1, -0.05) is 27.2 Å². The summed E-state index contributed by atoms with van der Waals surface area (Å²) in [5.41, 5.74) is 1.54. The minimum absolute atomic E-state index is 0. The minimum Gasteiger partial charge on any atom is -0.370 e. The molecule has 6 nitrogen and oxygen atoms in total. The number of aryl methyl sites for hydroxylation is 1. The molecule has 0 spiro atoms. The van der Waals surface area contributed by atoms with E-state index in [1.807, 2.05) is 24.1 Å². The highest BCUT2D eigenvalue weighted by atomic mass is 127. The molecule has 150 valence electrons. The Hall–Kier alpha value is -0.830. The molecule has 1 aromatic heterocycles. The largest absolute Gasteiger partial charge is 0.370 e. The highest BCUT2D eigenvalue weighted by molar-refractivity contribution is 14.0. The second-order valence-electron chi connectivity index (χ2n) is 8.01. The molecule has 1 aromatic rings. The van der Waals surface area contributed by atoms with E-state index in [1.54, 1.807) is 0 Å². The summed E-state index contributed by atoms with van der Waals surface area (Å²) in [6.45, 7) is 13.2. The van der Waals surface area contributed by atoms with E-state index in [4.69, 9.17) is 9.73 Å². The molecule has 0 aliphatic carbocycles. The summed E-state index contributed by atoms with van der Waals surface area (Å²) in [4.78, 5) is 7.16. The molecule has 1 N–H and O–H groups in total. The molecule has 1 aliphatic rings. The molecule has 1 unspecified atom stereocenters. The smallest absolute Gasteiger partial charge is 0.194 e. The fourth-order valence-corrected chi connectivity index (χ4v) is 3.03. The molecule has 0 bridgehead atoms. The van der Waals surface area contributed by atoms with Crippen LogP contribution in [0.25, 0.3) is 0 Å². The third-order valence-corrected chi connectivity index (χ3v) is 4.39. The number of unbranched alkanes of at least 4 members (excludes halogenated alkanes) is 1. The van der Waals surface area contributed by atoms with Gasteiger partial charge in [-0.25, -0.2) is 0 Å². The Balaban J connectivity index is 0.00000338. The molecule has 0 radical (unpaired) electrons. The maximum atomic E-state index is 5.94. The van der Waals surface area contributed by atoms with Crippen LogP contribution in [0.5, 0.6) is 0 Å². The van der Waals surface area contributed by atoms with Gasteiger partial charge in [0, 0.05) is 38.4 Å². The van der Waals surface area contributed by atoms with Crippen LogP contribution in [0.3, 0.4) is 0 Å². The van der Waals surface area contributed by atoms with Crippen molar-refractivity contribution in [2.24, 2.45) is 17.5 Å². The number of hydrogen-bond donors (Lipinski definition) is 1. The van der Waals surface area contributed by atoms with E-state index in [0.29, 0.717) is 12.0 Å². The van der Waals surface area contributed by atoms with Crippen LogP contribution in [0.1, 0.15) is 58.6 Å². The maximum Gasteiger partial charge on any atom is 0.194 e. The Bertz CT molecular complexity index is 552. The fourth-order valence-electron chi connectivity index (χ4n) is 3.03. The molecule has 2 heterocycles. The summed E-state index contributed by atoms with van der Waals surface area (Å²) in [7, 11) is 1.94. The Morgan fingerprint density at radius 3 is 2.77 bits per heavy atom. The van der Waals surface area contributed by atoms with E-state index in [2.05, 4.69) is 43.0 Å². The lowest BCUT2D eigenvalue weighted by molar-refractivity contribution is -0.00804. The molecule has 0 saturated carbocycles. The van der Waals surface area contributed by atoms with Crippen LogP contribution < -0.4 is 5.32 Å². The zero-order valence-corrected chi connectivity index (χ0v) is 19.3. The summed E-state index contributed by atoms with van der Waals surface area (Å²) in [6, 6.07) is 0. The average Bonchev–Trinajstić information content (AvgIpc) is 2.99. The minimum atomic E-state index is 0. The number of ether oxygens (including phenoxy) is 1. The lowest BCUT2D eigenvalue weighted by atomic mass is 9.90.